The van der Waals surface area contributed by atoms with E-state index in [4.69, 9.17) is 10.3 Å². The second kappa shape index (κ2) is 5.09. The summed E-state index contributed by atoms with van der Waals surface area (Å²) < 4.78 is 31.0. The molecule has 0 saturated carbocycles. The van der Waals surface area contributed by atoms with Crippen LogP contribution < -0.4 is 11.1 Å². The largest absolute Gasteiger partial charge is 0.375 e. The Balaban J connectivity index is 2.05. The van der Waals surface area contributed by atoms with Gasteiger partial charge in [-0.15, -0.1) is 11.3 Å². The molecule has 114 valence electrons. The third kappa shape index (κ3) is 2.75. The number of anilines is 1. The molecule has 11 heteroatoms. The lowest BCUT2D eigenvalue weighted by molar-refractivity contribution is -0.144. The summed E-state index contributed by atoms with van der Waals surface area (Å²) in [5.74, 6) is -1.58. The van der Waals surface area contributed by atoms with Gasteiger partial charge in [0.1, 0.15) is 6.04 Å². The lowest BCUT2D eigenvalue weighted by atomic mass is 10.0. The van der Waals surface area contributed by atoms with Crippen LogP contribution in [0.1, 0.15) is 12.6 Å². The molecular formula is C10H12N4O5S2. The Morgan fingerprint density at radius 2 is 2.24 bits per heavy atom. The quantitative estimate of drug-likeness (QED) is 0.374. The van der Waals surface area contributed by atoms with Gasteiger partial charge < -0.3 is 11.1 Å². The van der Waals surface area contributed by atoms with Crippen LogP contribution in [0, 0.1) is 0 Å². The van der Waals surface area contributed by atoms with Gasteiger partial charge in [0.2, 0.25) is 0 Å². The van der Waals surface area contributed by atoms with Crippen molar-refractivity contribution in [3.05, 3.63) is 17.7 Å². The van der Waals surface area contributed by atoms with Gasteiger partial charge in [-0.05, 0) is 6.92 Å². The molecule has 2 amide bonds. The van der Waals surface area contributed by atoms with Crippen LogP contribution in [0.5, 0.6) is 0 Å². The predicted octanol–water partition coefficient (Wildman–Crippen LogP) is -0.743. The van der Waals surface area contributed by atoms with E-state index in [2.05, 4.69) is 16.9 Å². The Hall–Kier alpha value is -1.98. The SMILES string of the molecule is C=C(C(=O)N[C@@H]1C(=O)N(S(=O)(=O)O)[C@H]1C)c1csc(N)n1. The minimum Gasteiger partial charge on any atom is -0.375 e. The Bertz CT molecular complexity index is 726. The van der Waals surface area contributed by atoms with Crippen LogP contribution >= 0.6 is 11.3 Å². The van der Waals surface area contributed by atoms with Crippen LogP contribution in [0.15, 0.2) is 12.0 Å². The van der Waals surface area contributed by atoms with E-state index < -0.39 is 34.2 Å². The minimum atomic E-state index is -4.62. The summed E-state index contributed by atoms with van der Waals surface area (Å²) in [5.41, 5.74) is 5.73. The maximum Gasteiger partial charge on any atom is 0.362 e. The van der Waals surface area contributed by atoms with Crippen LogP contribution in [-0.2, 0) is 19.9 Å². The van der Waals surface area contributed by atoms with Crippen LogP contribution in [0.3, 0.4) is 0 Å². The molecule has 1 saturated heterocycles. The second-order valence-electron chi connectivity index (χ2n) is 4.35. The zero-order valence-corrected chi connectivity index (χ0v) is 12.4. The molecule has 2 atom stereocenters. The fourth-order valence-electron chi connectivity index (χ4n) is 1.87. The lowest BCUT2D eigenvalue weighted by Gasteiger charge is -2.42. The number of nitrogens with zero attached hydrogens (tertiary/aromatic N) is 2. The van der Waals surface area contributed by atoms with E-state index >= 15 is 0 Å². The van der Waals surface area contributed by atoms with Crippen LogP contribution in [0.4, 0.5) is 5.13 Å². The first-order valence-electron chi connectivity index (χ1n) is 5.64. The first-order valence-corrected chi connectivity index (χ1v) is 7.92. The van der Waals surface area contributed by atoms with E-state index in [0.29, 0.717) is 4.31 Å². The van der Waals surface area contributed by atoms with E-state index in [0.717, 1.165) is 11.3 Å². The molecule has 0 spiro atoms. The maximum atomic E-state index is 11.9. The molecule has 0 aromatic carbocycles. The highest BCUT2D eigenvalue weighted by molar-refractivity contribution is 7.84. The summed E-state index contributed by atoms with van der Waals surface area (Å²) in [6.07, 6.45) is 0. The van der Waals surface area contributed by atoms with Crippen molar-refractivity contribution in [2.24, 2.45) is 0 Å². The average Bonchev–Trinajstić information content (AvgIpc) is 2.80. The van der Waals surface area contributed by atoms with E-state index in [1.807, 2.05) is 0 Å². The summed E-state index contributed by atoms with van der Waals surface area (Å²) in [6, 6.07) is -1.93. The zero-order valence-electron chi connectivity index (χ0n) is 10.8. The fraction of sp³-hybridized carbons (Fsp3) is 0.300. The monoisotopic (exact) mass is 332 g/mol. The molecule has 1 aromatic rings. The first kappa shape index (κ1) is 15.4. The van der Waals surface area contributed by atoms with Crippen molar-refractivity contribution < 1.29 is 22.6 Å². The smallest absolute Gasteiger partial charge is 0.362 e. The number of β-lactam (4-membered cyclic amide) rings is 1. The Labute approximate surface area is 124 Å². The summed E-state index contributed by atoms with van der Waals surface area (Å²) in [7, 11) is -4.62. The zero-order chi connectivity index (χ0) is 15.9. The van der Waals surface area contributed by atoms with Gasteiger partial charge in [0.05, 0.1) is 17.3 Å². The number of aromatic nitrogens is 1. The second-order valence-corrected chi connectivity index (χ2v) is 6.53. The van der Waals surface area contributed by atoms with Gasteiger partial charge in [0.25, 0.3) is 11.8 Å². The topological polar surface area (TPSA) is 143 Å². The van der Waals surface area contributed by atoms with Gasteiger partial charge >= 0.3 is 10.3 Å². The van der Waals surface area contributed by atoms with Crippen molar-refractivity contribution in [1.82, 2.24) is 14.6 Å². The van der Waals surface area contributed by atoms with Crippen molar-refractivity contribution >= 4 is 44.2 Å². The lowest BCUT2D eigenvalue weighted by Crippen LogP contribution is -2.70. The molecular weight excluding hydrogens is 320 g/mol. The molecule has 21 heavy (non-hydrogen) atoms. The Kier molecular flexibility index (Phi) is 3.74. The predicted molar refractivity (Wildman–Crippen MR) is 75.3 cm³/mol. The first-order chi connectivity index (χ1) is 9.62. The fourth-order valence-corrected chi connectivity index (χ4v) is 3.34. The number of carbonyl (C=O) groups is 2. The van der Waals surface area contributed by atoms with Gasteiger partial charge in [0.15, 0.2) is 5.13 Å². The molecule has 1 aliphatic heterocycles. The highest BCUT2D eigenvalue weighted by atomic mass is 32.2. The van der Waals surface area contributed by atoms with E-state index in [1.54, 1.807) is 0 Å². The normalized spacial score (nSPS) is 21.8. The summed E-state index contributed by atoms with van der Waals surface area (Å²) in [6.45, 7) is 4.93. The summed E-state index contributed by atoms with van der Waals surface area (Å²) >= 11 is 1.13. The van der Waals surface area contributed by atoms with Crippen LogP contribution in [0.2, 0.25) is 0 Å². The van der Waals surface area contributed by atoms with Crippen molar-refractivity contribution in [1.29, 1.82) is 0 Å². The average molecular weight is 332 g/mol. The van der Waals surface area contributed by atoms with Crippen molar-refractivity contribution in [2.45, 2.75) is 19.0 Å². The number of thiazole rings is 1. The summed E-state index contributed by atoms with van der Waals surface area (Å²) in [5, 5.41) is 4.15. The highest BCUT2D eigenvalue weighted by Crippen LogP contribution is 2.24. The molecule has 0 aliphatic carbocycles. The van der Waals surface area contributed by atoms with Gasteiger partial charge in [-0.25, -0.2) is 9.29 Å². The van der Waals surface area contributed by atoms with Crippen LogP contribution in [0.25, 0.3) is 5.57 Å². The molecule has 2 rings (SSSR count). The standard InChI is InChI=1S/C10H12N4O5S2/c1-4(6-3-20-10(11)12-6)8(15)13-7-5(2)14(9(7)16)21(17,18)19/h3,5,7H,1H2,2H3,(H2,11,12)(H,13,15)(H,17,18,19)/t5-,7-/m0/s1. The van der Waals surface area contributed by atoms with Crippen LogP contribution in [-0.4, -0.2) is 46.2 Å². The molecule has 4 N–H and O–H groups in total. The Morgan fingerprint density at radius 3 is 2.67 bits per heavy atom. The number of hydrogen-bond donors (Lipinski definition) is 3. The summed E-state index contributed by atoms with van der Waals surface area (Å²) in [4.78, 5) is 27.4. The van der Waals surface area contributed by atoms with Gasteiger partial charge in [0, 0.05) is 5.38 Å². The molecule has 2 heterocycles. The van der Waals surface area contributed by atoms with Crippen molar-refractivity contribution in [3.63, 3.8) is 0 Å². The molecule has 0 radical (unpaired) electrons. The number of nitrogens with two attached hydrogens (primary N) is 1. The van der Waals surface area contributed by atoms with Crippen molar-refractivity contribution in [2.75, 3.05) is 5.73 Å². The van der Waals surface area contributed by atoms with Gasteiger partial charge in [-0.2, -0.15) is 8.42 Å². The molecule has 0 unspecified atom stereocenters. The number of rotatable bonds is 4. The molecule has 1 aromatic heterocycles. The number of nitrogen functional groups attached to an aromatic ring is 1. The third-order valence-corrected chi connectivity index (χ3v) is 4.66. The number of hydrogen-bond acceptors (Lipinski definition) is 7. The van der Waals surface area contributed by atoms with Crippen molar-refractivity contribution in [3.8, 4) is 0 Å². The Morgan fingerprint density at radius 1 is 1.62 bits per heavy atom. The highest BCUT2D eigenvalue weighted by Gasteiger charge is 2.51. The molecule has 1 aliphatic rings. The van der Waals surface area contributed by atoms with E-state index in [-0.39, 0.29) is 16.4 Å². The number of nitrogens with one attached hydrogen (secondary N) is 1. The molecule has 9 nitrogen and oxygen atoms in total. The number of amides is 2. The van der Waals surface area contributed by atoms with E-state index in [1.165, 1.54) is 12.3 Å². The number of carbonyl (C=O) groups excluding carboxylic acids is 2. The van der Waals surface area contributed by atoms with Gasteiger partial charge in [-0.3, -0.25) is 14.1 Å². The minimum absolute atomic E-state index is 0.00764. The maximum absolute atomic E-state index is 11.9. The van der Waals surface area contributed by atoms with E-state index in [9.17, 15) is 18.0 Å². The third-order valence-electron chi connectivity index (χ3n) is 2.98. The van der Waals surface area contributed by atoms with Gasteiger partial charge in [-0.1, -0.05) is 6.58 Å². The molecule has 0 bridgehead atoms. The molecule has 1 fully saturated rings.